The van der Waals surface area contributed by atoms with Crippen LogP contribution in [0.2, 0.25) is 0 Å². The molecule has 2 aliphatic rings. The molecule has 2 aliphatic heterocycles. The van der Waals surface area contributed by atoms with Gasteiger partial charge in [-0.3, -0.25) is 9.69 Å². The van der Waals surface area contributed by atoms with Crippen molar-refractivity contribution >= 4 is 5.91 Å². The van der Waals surface area contributed by atoms with Crippen molar-refractivity contribution in [1.82, 2.24) is 10.2 Å². The van der Waals surface area contributed by atoms with E-state index in [-0.39, 0.29) is 18.1 Å². The average molecular weight is 288 g/mol. The van der Waals surface area contributed by atoms with Crippen molar-refractivity contribution in [1.29, 1.82) is 0 Å². The van der Waals surface area contributed by atoms with E-state index in [2.05, 4.69) is 22.3 Å². The molecule has 4 heteroatoms. The Labute approximate surface area is 126 Å². The van der Waals surface area contributed by atoms with Gasteiger partial charge in [0.1, 0.15) is 0 Å². The van der Waals surface area contributed by atoms with Gasteiger partial charge in [-0.2, -0.15) is 0 Å². The van der Waals surface area contributed by atoms with Crippen molar-refractivity contribution in [2.24, 2.45) is 5.92 Å². The number of likely N-dealkylation sites (N-methyl/N-ethyl adjacent to an activating group) is 1. The SMILES string of the molecule is CN1CCCC1C(=O)NC[C@H]1CCO[C@@H]1c1ccccc1. The Hall–Kier alpha value is -1.39. The topological polar surface area (TPSA) is 41.6 Å². The Morgan fingerprint density at radius 3 is 2.86 bits per heavy atom. The van der Waals surface area contributed by atoms with Crippen molar-refractivity contribution in [3.8, 4) is 0 Å². The number of hydrogen-bond acceptors (Lipinski definition) is 3. The molecule has 2 saturated heterocycles. The Morgan fingerprint density at radius 2 is 2.14 bits per heavy atom. The van der Waals surface area contributed by atoms with Crippen LogP contribution in [0.4, 0.5) is 0 Å². The molecule has 0 aliphatic carbocycles. The summed E-state index contributed by atoms with van der Waals surface area (Å²) in [5.41, 5.74) is 1.22. The fourth-order valence-corrected chi connectivity index (χ4v) is 3.45. The summed E-state index contributed by atoms with van der Waals surface area (Å²) in [5, 5.41) is 3.14. The van der Waals surface area contributed by atoms with E-state index in [4.69, 9.17) is 4.74 Å². The Balaban J connectivity index is 1.56. The highest BCUT2D eigenvalue weighted by Crippen LogP contribution is 2.33. The van der Waals surface area contributed by atoms with E-state index in [0.717, 1.165) is 32.4 Å². The van der Waals surface area contributed by atoms with Crippen LogP contribution in [0.3, 0.4) is 0 Å². The zero-order valence-electron chi connectivity index (χ0n) is 12.6. The van der Waals surface area contributed by atoms with Crippen molar-refractivity contribution in [3.63, 3.8) is 0 Å². The van der Waals surface area contributed by atoms with Gasteiger partial charge in [-0.15, -0.1) is 0 Å². The highest BCUT2D eigenvalue weighted by Gasteiger charge is 2.32. The van der Waals surface area contributed by atoms with E-state index in [0.29, 0.717) is 12.5 Å². The molecule has 1 aromatic carbocycles. The summed E-state index contributed by atoms with van der Waals surface area (Å²) in [5.74, 6) is 0.553. The van der Waals surface area contributed by atoms with E-state index in [9.17, 15) is 4.79 Å². The van der Waals surface area contributed by atoms with Gasteiger partial charge in [-0.05, 0) is 38.4 Å². The van der Waals surface area contributed by atoms with Crippen LogP contribution in [0.1, 0.15) is 30.9 Å². The summed E-state index contributed by atoms with van der Waals surface area (Å²) in [4.78, 5) is 14.4. The predicted molar refractivity (Wildman–Crippen MR) is 81.9 cm³/mol. The molecular formula is C17H24N2O2. The quantitative estimate of drug-likeness (QED) is 0.921. The lowest BCUT2D eigenvalue weighted by molar-refractivity contribution is -0.125. The van der Waals surface area contributed by atoms with E-state index < -0.39 is 0 Å². The number of hydrogen-bond donors (Lipinski definition) is 1. The zero-order valence-corrected chi connectivity index (χ0v) is 12.6. The molecular weight excluding hydrogens is 264 g/mol. The van der Waals surface area contributed by atoms with E-state index in [1.54, 1.807) is 0 Å². The molecule has 1 amide bonds. The third kappa shape index (κ3) is 3.27. The standard InChI is InChI=1S/C17H24N2O2/c1-19-10-5-8-15(19)17(20)18-12-14-9-11-21-16(14)13-6-3-2-4-7-13/h2-4,6-7,14-16H,5,8-12H2,1H3,(H,18,20)/t14-,15?,16-/m1/s1. The molecule has 2 fully saturated rings. The molecule has 0 radical (unpaired) electrons. The first-order chi connectivity index (χ1) is 10.3. The number of ether oxygens (including phenoxy) is 1. The number of likely N-dealkylation sites (tertiary alicyclic amines) is 1. The smallest absolute Gasteiger partial charge is 0.237 e. The van der Waals surface area contributed by atoms with Crippen LogP contribution in [0.5, 0.6) is 0 Å². The minimum atomic E-state index is 0.0579. The maximum Gasteiger partial charge on any atom is 0.237 e. The molecule has 0 saturated carbocycles. The molecule has 0 aromatic heterocycles. The van der Waals surface area contributed by atoms with Crippen LogP contribution < -0.4 is 5.32 Å². The molecule has 3 rings (SSSR count). The summed E-state index contributed by atoms with van der Waals surface area (Å²) < 4.78 is 5.87. The van der Waals surface area contributed by atoms with Crippen LogP contribution in [-0.2, 0) is 9.53 Å². The molecule has 1 N–H and O–H groups in total. The minimum Gasteiger partial charge on any atom is -0.373 e. The fraction of sp³-hybridized carbons (Fsp3) is 0.588. The first kappa shape index (κ1) is 14.5. The molecule has 21 heavy (non-hydrogen) atoms. The average Bonchev–Trinajstić information content (AvgIpc) is 3.14. The minimum absolute atomic E-state index is 0.0579. The van der Waals surface area contributed by atoms with Crippen LogP contribution in [0, 0.1) is 5.92 Å². The first-order valence-corrected chi connectivity index (χ1v) is 7.90. The maximum absolute atomic E-state index is 12.3. The molecule has 0 bridgehead atoms. The zero-order chi connectivity index (χ0) is 14.7. The Bertz CT molecular complexity index is 477. The highest BCUT2D eigenvalue weighted by molar-refractivity contribution is 5.82. The van der Waals surface area contributed by atoms with Crippen molar-refractivity contribution < 1.29 is 9.53 Å². The van der Waals surface area contributed by atoms with E-state index in [1.807, 2.05) is 25.2 Å². The Morgan fingerprint density at radius 1 is 1.33 bits per heavy atom. The lowest BCUT2D eigenvalue weighted by Crippen LogP contribution is -2.43. The number of nitrogens with one attached hydrogen (secondary N) is 1. The predicted octanol–water partition coefficient (Wildman–Crippen LogP) is 1.97. The van der Waals surface area contributed by atoms with E-state index >= 15 is 0 Å². The van der Waals surface area contributed by atoms with Crippen LogP contribution in [-0.4, -0.2) is 43.6 Å². The molecule has 1 aromatic rings. The van der Waals surface area contributed by atoms with Gasteiger partial charge in [0.25, 0.3) is 0 Å². The number of carbonyl (C=O) groups is 1. The third-order valence-corrected chi connectivity index (χ3v) is 4.70. The van der Waals surface area contributed by atoms with Crippen LogP contribution >= 0.6 is 0 Å². The van der Waals surface area contributed by atoms with Crippen LogP contribution in [0.25, 0.3) is 0 Å². The van der Waals surface area contributed by atoms with Crippen molar-refractivity contribution in [2.45, 2.75) is 31.4 Å². The van der Waals surface area contributed by atoms with Gasteiger partial charge < -0.3 is 10.1 Å². The lowest BCUT2D eigenvalue weighted by atomic mass is 9.95. The van der Waals surface area contributed by atoms with Crippen molar-refractivity contribution in [3.05, 3.63) is 35.9 Å². The molecule has 4 nitrogen and oxygen atoms in total. The summed E-state index contributed by atoms with van der Waals surface area (Å²) in [7, 11) is 2.03. The summed E-state index contributed by atoms with van der Waals surface area (Å²) in [6.45, 7) is 2.52. The van der Waals surface area contributed by atoms with Gasteiger partial charge in [0.2, 0.25) is 5.91 Å². The van der Waals surface area contributed by atoms with E-state index in [1.165, 1.54) is 5.56 Å². The Kier molecular flexibility index (Phi) is 4.56. The second-order valence-corrected chi connectivity index (χ2v) is 6.13. The van der Waals surface area contributed by atoms with Gasteiger partial charge in [0.15, 0.2) is 0 Å². The number of nitrogens with zero attached hydrogens (tertiary/aromatic N) is 1. The summed E-state index contributed by atoms with van der Waals surface area (Å²) >= 11 is 0. The van der Waals surface area contributed by atoms with Gasteiger partial charge in [0.05, 0.1) is 12.1 Å². The summed E-state index contributed by atoms with van der Waals surface area (Å²) in [6.07, 6.45) is 3.23. The number of benzene rings is 1. The van der Waals surface area contributed by atoms with Gasteiger partial charge >= 0.3 is 0 Å². The summed E-state index contributed by atoms with van der Waals surface area (Å²) in [6, 6.07) is 10.4. The van der Waals surface area contributed by atoms with Crippen molar-refractivity contribution in [2.75, 3.05) is 26.7 Å². The van der Waals surface area contributed by atoms with Crippen LogP contribution in [0.15, 0.2) is 30.3 Å². The highest BCUT2D eigenvalue weighted by atomic mass is 16.5. The fourth-order valence-electron chi connectivity index (χ4n) is 3.45. The largest absolute Gasteiger partial charge is 0.373 e. The molecule has 1 unspecified atom stereocenters. The monoisotopic (exact) mass is 288 g/mol. The lowest BCUT2D eigenvalue weighted by Gasteiger charge is -2.22. The number of rotatable bonds is 4. The normalized spacial score (nSPS) is 29.7. The maximum atomic E-state index is 12.3. The third-order valence-electron chi connectivity index (χ3n) is 4.70. The van der Waals surface area contributed by atoms with Gasteiger partial charge in [0, 0.05) is 19.1 Å². The number of carbonyl (C=O) groups excluding carboxylic acids is 1. The molecule has 3 atom stereocenters. The second kappa shape index (κ2) is 6.58. The van der Waals surface area contributed by atoms with Gasteiger partial charge in [-0.25, -0.2) is 0 Å². The molecule has 2 heterocycles. The molecule has 114 valence electrons. The second-order valence-electron chi connectivity index (χ2n) is 6.13. The number of amides is 1. The first-order valence-electron chi connectivity index (χ1n) is 7.90. The molecule has 0 spiro atoms. The van der Waals surface area contributed by atoms with Gasteiger partial charge in [-0.1, -0.05) is 30.3 Å².